The predicted octanol–water partition coefficient (Wildman–Crippen LogP) is 5.09. The number of carbonyl (C=O) groups is 2. The van der Waals surface area contributed by atoms with Gasteiger partial charge in [0.25, 0.3) is 5.91 Å². The van der Waals surface area contributed by atoms with Crippen LogP contribution < -0.4 is 10.1 Å². The van der Waals surface area contributed by atoms with E-state index in [1.807, 2.05) is 32.9 Å². The summed E-state index contributed by atoms with van der Waals surface area (Å²) in [6.07, 6.45) is 1.30. The molecule has 0 aliphatic rings. The third kappa shape index (κ3) is 7.22. The van der Waals surface area contributed by atoms with Crippen LogP contribution >= 0.6 is 23.2 Å². The fourth-order valence-electron chi connectivity index (χ4n) is 2.91. The molecule has 0 aliphatic heterocycles. The Morgan fingerprint density at radius 2 is 1.53 bits per heavy atom. The summed E-state index contributed by atoms with van der Waals surface area (Å²) in [5, 5.41) is 4.19. The van der Waals surface area contributed by atoms with Crippen LogP contribution in [0.2, 0.25) is 10.0 Å². The van der Waals surface area contributed by atoms with Crippen molar-refractivity contribution in [2.45, 2.75) is 52.2 Å². The molecule has 2 amide bonds. The summed E-state index contributed by atoms with van der Waals surface area (Å²) in [5.74, 6) is 0.100. The summed E-state index contributed by atoms with van der Waals surface area (Å²) in [6.45, 7) is 5.94. The summed E-state index contributed by atoms with van der Waals surface area (Å²) >= 11 is 11.9. The van der Waals surface area contributed by atoms with E-state index in [-0.39, 0.29) is 31.0 Å². The first kappa shape index (κ1) is 24.0. The molecule has 2 aromatic rings. The van der Waals surface area contributed by atoms with E-state index < -0.39 is 6.04 Å². The van der Waals surface area contributed by atoms with Gasteiger partial charge in [-0.05, 0) is 61.7 Å². The van der Waals surface area contributed by atoms with Crippen molar-refractivity contribution >= 4 is 35.0 Å². The zero-order valence-electron chi connectivity index (χ0n) is 17.5. The van der Waals surface area contributed by atoms with E-state index in [0.29, 0.717) is 22.2 Å². The van der Waals surface area contributed by atoms with Gasteiger partial charge in [-0.3, -0.25) is 9.59 Å². The van der Waals surface area contributed by atoms with Crippen molar-refractivity contribution in [3.63, 3.8) is 0 Å². The first-order valence-corrected chi connectivity index (χ1v) is 10.8. The number of nitrogens with zero attached hydrogens (tertiary/aromatic N) is 1. The van der Waals surface area contributed by atoms with E-state index in [2.05, 4.69) is 5.32 Å². The molecule has 0 aromatic heterocycles. The number of amides is 2. The van der Waals surface area contributed by atoms with Crippen molar-refractivity contribution in [3.8, 4) is 5.75 Å². The average Bonchev–Trinajstić information content (AvgIpc) is 2.74. The molecule has 0 saturated heterocycles. The quantitative estimate of drug-likeness (QED) is 0.547. The van der Waals surface area contributed by atoms with E-state index in [1.165, 1.54) is 0 Å². The summed E-state index contributed by atoms with van der Waals surface area (Å²) < 4.78 is 5.63. The minimum absolute atomic E-state index is 0.0318. The molecular weight excluding hydrogens is 423 g/mol. The molecule has 2 unspecified atom stereocenters. The number of nitrogens with one attached hydrogen (secondary N) is 1. The predicted molar refractivity (Wildman–Crippen MR) is 121 cm³/mol. The molecule has 0 spiro atoms. The molecule has 0 heterocycles. The summed E-state index contributed by atoms with van der Waals surface area (Å²) in [7, 11) is 0. The monoisotopic (exact) mass is 450 g/mol. The van der Waals surface area contributed by atoms with Crippen molar-refractivity contribution in [2.75, 3.05) is 6.61 Å². The highest BCUT2D eigenvalue weighted by molar-refractivity contribution is 6.30. The SMILES string of the molecule is CCC(C)NC(=O)C(CC)N(Cc1ccc(Cl)cc1)C(=O)COc1ccc(Cl)cc1. The molecule has 7 heteroatoms. The van der Waals surface area contributed by atoms with Crippen LogP contribution in [-0.4, -0.2) is 35.4 Å². The third-order valence-electron chi connectivity index (χ3n) is 4.83. The molecular formula is C23H28Cl2N2O3. The number of ether oxygens (including phenoxy) is 1. The van der Waals surface area contributed by atoms with Crippen molar-refractivity contribution in [3.05, 3.63) is 64.1 Å². The highest BCUT2D eigenvalue weighted by Gasteiger charge is 2.29. The van der Waals surface area contributed by atoms with Crippen LogP contribution in [0.1, 0.15) is 39.2 Å². The molecule has 0 fully saturated rings. The smallest absolute Gasteiger partial charge is 0.261 e. The fraction of sp³-hybridized carbons (Fsp3) is 0.391. The highest BCUT2D eigenvalue weighted by atomic mass is 35.5. The number of carbonyl (C=O) groups excluding carboxylic acids is 2. The van der Waals surface area contributed by atoms with Crippen molar-refractivity contribution in [1.82, 2.24) is 10.2 Å². The lowest BCUT2D eigenvalue weighted by atomic mass is 10.1. The molecule has 30 heavy (non-hydrogen) atoms. The summed E-state index contributed by atoms with van der Waals surface area (Å²) in [5.41, 5.74) is 0.883. The van der Waals surface area contributed by atoms with Gasteiger partial charge < -0.3 is 15.0 Å². The van der Waals surface area contributed by atoms with Gasteiger partial charge in [-0.15, -0.1) is 0 Å². The Hall–Kier alpha value is -2.24. The molecule has 0 radical (unpaired) electrons. The molecule has 162 valence electrons. The second-order valence-corrected chi connectivity index (χ2v) is 8.01. The average molecular weight is 451 g/mol. The molecule has 2 rings (SSSR count). The molecule has 0 saturated carbocycles. The van der Waals surface area contributed by atoms with Crippen molar-refractivity contribution in [2.24, 2.45) is 0 Å². The summed E-state index contributed by atoms with van der Waals surface area (Å²) in [6, 6.07) is 13.5. The lowest BCUT2D eigenvalue weighted by molar-refractivity contribution is -0.143. The standard InChI is InChI=1S/C23H28Cl2N2O3/c1-4-16(3)26-23(29)21(5-2)27(14-17-6-8-18(24)9-7-17)22(28)15-30-20-12-10-19(25)11-13-20/h6-13,16,21H,4-5,14-15H2,1-3H3,(H,26,29). The van der Waals surface area contributed by atoms with Gasteiger partial charge in [0, 0.05) is 22.6 Å². The first-order valence-electron chi connectivity index (χ1n) is 10.1. The number of hydrogen-bond acceptors (Lipinski definition) is 3. The summed E-state index contributed by atoms with van der Waals surface area (Å²) in [4.78, 5) is 27.5. The Balaban J connectivity index is 2.19. The Morgan fingerprint density at radius 3 is 2.07 bits per heavy atom. The second-order valence-electron chi connectivity index (χ2n) is 7.13. The van der Waals surface area contributed by atoms with Crippen LogP contribution in [0, 0.1) is 0 Å². The second kappa shape index (κ2) is 11.8. The van der Waals surface area contributed by atoms with E-state index >= 15 is 0 Å². The zero-order valence-corrected chi connectivity index (χ0v) is 19.0. The Morgan fingerprint density at radius 1 is 0.967 bits per heavy atom. The minimum Gasteiger partial charge on any atom is -0.484 e. The van der Waals surface area contributed by atoms with E-state index in [0.717, 1.165) is 12.0 Å². The van der Waals surface area contributed by atoms with Gasteiger partial charge in [0.15, 0.2) is 6.61 Å². The normalized spacial score (nSPS) is 12.7. The lowest BCUT2D eigenvalue weighted by Gasteiger charge is -2.31. The highest BCUT2D eigenvalue weighted by Crippen LogP contribution is 2.18. The minimum atomic E-state index is -0.601. The molecule has 2 aromatic carbocycles. The van der Waals surface area contributed by atoms with Crippen LogP contribution in [0.5, 0.6) is 5.75 Å². The zero-order chi connectivity index (χ0) is 22.1. The van der Waals surface area contributed by atoms with Gasteiger partial charge in [0.2, 0.25) is 5.91 Å². The van der Waals surface area contributed by atoms with Gasteiger partial charge in [-0.1, -0.05) is 49.2 Å². The maximum absolute atomic E-state index is 13.1. The van der Waals surface area contributed by atoms with E-state index in [9.17, 15) is 9.59 Å². The molecule has 0 bridgehead atoms. The van der Waals surface area contributed by atoms with Crippen LogP contribution in [0.15, 0.2) is 48.5 Å². The van der Waals surface area contributed by atoms with Crippen LogP contribution in [0.25, 0.3) is 0 Å². The molecule has 0 aliphatic carbocycles. The van der Waals surface area contributed by atoms with E-state index in [1.54, 1.807) is 41.3 Å². The Bertz CT molecular complexity index is 825. The fourth-order valence-corrected chi connectivity index (χ4v) is 3.16. The number of halogens is 2. The van der Waals surface area contributed by atoms with E-state index in [4.69, 9.17) is 27.9 Å². The molecule has 1 N–H and O–H groups in total. The van der Waals surface area contributed by atoms with Crippen molar-refractivity contribution < 1.29 is 14.3 Å². The Labute approximate surface area is 188 Å². The van der Waals surface area contributed by atoms with Crippen LogP contribution in [0.4, 0.5) is 0 Å². The van der Waals surface area contributed by atoms with Gasteiger partial charge >= 0.3 is 0 Å². The van der Waals surface area contributed by atoms with Gasteiger partial charge in [0.1, 0.15) is 11.8 Å². The van der Waals surface area contributed by atoms with Crippen LogP contribution in [-0.2, 0) is 16.1 Å². The first-order chi connectivity index (χ1) is 14.3. The number of benzene rings is 2. The van der Waals surface area contributed by atoms with Crippen LogP contribution in [0.3, 0.4) is 0 Å². The maximum Gasteiger partial charge on any atom is 0.261 e. The number of rotatable bonds is 10. The van der Waals surface area contributed by atoms with Gasteiger partial charge in [0.05, 0.1) is 0 Å². The molecule has 5 nitrogen and oxygen atoms in total. The topological polar surface area (TPSA) is 58.6 Å². The van der Waals surface area contributed by atoms with Gasteiger partial charge in [-0.25, -0.2) is 0 Å². The third-order valence-corrected chi connectivity index (χ3v) is 5.33. The molecule has 2 atom stereocenters. The largest absolute Gasteiger partial charge is 0.484 e. The lowest BCUT2D eigenvalue weighted by Crippen LogP contribution is -2.51. The Kier molecular flexibility index (Phi) is 9.47. The van der Waals surface area contributed by atoms with Gasteiger partial charge in [-0.2, -0.15) is 0 Å². The number of hydrogen-bond donors (Lipinski definition) is 1. The maximum atomic E-state index is 13.1. The van der Waals surface area contributed by atoms with Crippen molar-refractivity contribution in [1.29, 1.82) is 0 Å².